The van der Waals surface area contributed by atoms with E-state index in [1.807, 2.05) is 20.8 Å². The third kappa shape index (κ3) is 4.27. The van der Waals surface area contributed by atoms with Crippen LogP contribution in [0.25, 0.3) is 0 Å². The molecule has 3 heteroatoms. The van der Waals surface area contributed by atoms with Gasteiger partial charge in [-0.2, -0.15) is 0 Å². The second-order valence-corrected chi connectivity index (χ2v) is 4.79. The first-order valence-electron chi connectivity index (χ1n) is 4.82. The van der Waals surface area contributed by atoms with E-state index in [-0.39, 0.29) is 18.1 Å². The molecule has 1 amide bonds. The molecule has 1 fully saturated rings. The minimum Gasteiger partial charge on any atom is -0.366 e. The highest BCUT2D eigenvalue weighted by molar-refractivity contribution is 5.77. The van der Waals surface area contributed by atoms with Crippen molar-refractivity contribution in [3.63, 3.8) is 0 Å². The summed E-state index contributed by atoms with van der Waals surface area (Å²) in [6.45, 7) is 8.14. The number of amides is 1. The molecule has 0 aromatic heterocycles. The van der Waals surface area contributed by atoms with Crippen molar-refractivity contribution in [2.75, 3.05) is 6.61 Å². The maximum Gasteiger partial charge on any atom is 0.246 e. The van der Waals surface area contributed by atoms with Crippen LogP contribution in [-0.2, 0) is 9.53 Å². The number of nitrogens with one attached hydrogen (secondary N) is 1. The maximum absolute atomic E-state index is 11.2. The van der Waals surface area contributed by atoms with E-state index >= 15 is 0 Å². The van der Waals surface area contributed by atoms with Gasteiger partial charge in [0.25, 0.3) is 0 Å². The van der Waals surface area contributed by atoms with Gasteiger partial charge in [-0.1, -0.05) is 6.92 Å². The van der Waals surface area contributed by atoms with Crippen molar-refractivity contribution in [2.45, 2.75) is 45.8 Å². The number of carbonyl (C=O) groups is 1. The van der Waals surface area contributed by atoms with Crippen LogP contribution in [0.15, 0.2) is 0 Å². The van der Waals surface area contributed by atoms with Gasteiger partial charge < -0.3 is 10.1 Å². The lowest BCUT2D eigenvalue weighted by molar-refractivity contribution is -0.130. The maximum atomic E-state index is 11.2. The van der Waals surface area contributed by atoms with Crippen molar-refractivity contribution in [1.29, 1.82) is 0 Å². The summed E-state index contributed by atoms with van der Waals surface area (Å²) >= 11 is 0. The molecule has 1 N–H and O–H groups in total. The van der Waals surface area contributed by atoms with E-state index in [0.717, 1.165) is 6.42 Å². The van der Waals surface area contributed by atoms with Crippen molar-refractivity contribution < 1.29 is 9.53 Å². The van der Waals surface area contributed by atoms with Gasteiger partial charge in [-0.3, -0.25) is 4.79 Å². The molecule has 0 radical (unpaired) electrons. The molecule has 3 nitrogen and oxygen atoms in total. The van der Waals surface area contributed by atoms with Crippen LogP contribution in [0.2, 0.25) is 0 Å². The molecule has 76 valence electrons. The lowest BCUT2D eigenvalue weighted by Gasteiger charge is -2.18. The Bertz CT molecular complexity index is 196. The molecular weight excluding hydrogens is 166 g/mol. The van der Waals surface area contributed by atoms with Crippen LogP contribution in [0, 0.1) is 5.92 Å². The molecule has 0 saturated heterocycles. The Kier molecular flexibility index (Phi) is 2.96. The highest BCUT2D eigenvalue weighted by Gasteiger charge is 2.33. The summed E-state index contributed by atoms with van der Waals surface area (Å²) in [6, 6.07) is 0.399. The number of rotatable bonds is 3. The molecular formula is C10H19NO2. The van der Waals surface area contributed by atoms with Crippen LogP contribution in [0.1, 0.15) is 34.1 Å². The summed E-state index contributed by atoms with van der Waals surface area (Å²) in [7, 11) is 0. The number of carbonyl (C=O) groups excluding carboxylic acids is 1. The topological polar surface area (TPSA) is 38.3 Å². The van der Waals surface area contributed by atoms with Crippen LogP contribution in [0.4, 0.5) is 0 Å². The Balaban J connectivity index is 2.11. The lowest BCUT2D eigenvalue weighted by Crippen LogP contribution is -2.33. The Hall–Kier alpha value is -0.570. The van der Waals surface area contributed by atoms with Gasteiger partial charge in [-0.05, 0) is 33.1 Å². The summed E-state index contributed by atoms with van der Waals surface area (Å²) in [5, 5.41) is 2.91. The molecule has 13 heavy (non-hydrogen) atoms. The predicted molar refractivity (Wildman–Crippen MR) is 51.4 cm³/mol. The van der Waals surface area contributed by atoms with E-state index < -0.39 is 0 Å². The lowest BCUT2D eigenvalue weighted by atomic mass is 10.2. The highest BCUT2D eigenvalue weighted by atomic mass is 16.5. The number of ether oxygens (including phenoxy) is 1. The largest absolute Gasteiger partial charge is 0.366 e. The van der Waals surface area contributed by atoms with E-state index in [9.17, 15) is 4.79 Å². The normalized spacial score (nSPS) is 27.1. The highest BCUT2D eigenvalue weighted by Crippen LogP contribution is 2.28. The Morgan fingerprint density at radius 2 is 2.08 bits per heavy atom. The van der Waals surface area contributed by atoms with Gasteiger partial charge >= 0.3 is 0 Å². The van der Waals surface area contributed by atoms with Gasteiger partial charge in [0, 0.05) is 6.04 Å². The minimum absolute atomic E-state index is 0.00396. The van der Waals surface area contributed by atoms with Crippen LogP contribution >= 0.6 is 0 Å². The summed E-state index contributed by atoms with van der Waals surface area (Å²) < 4.78 is 5.34. The van der Waals surface area contributed by atoms with Crippen molar-refractivity contribution in [3.8, 4) is 0 Å². The first-order valence-corrected chi connectivity index (χ1v) is 4.82. The Labute approximate surface area is 79.8 Å². The zero-order chi connectivity index (χ0) is 10.1. The molecule has 0 aromatic carbocycles. The van der Waals surface area contributed by atoms with Gasteiger partial charge in [-0.25, -0.2) is 0 Å². The molecule has 0 aliphatic heterocycles. The van der Waals surface area contributed by atoms with Gasteiger partial charge in [0.1, 0.15) is 6.61 Å². The molecule has 1 rings (SSSR count). The van der Waals surface area contributed by atoms with Gasteiger partial charge in [0.15, 0.2) is 0 Å². The van der Waals surface area contributed by atoms with Crippen molar-refractivity contribution in [2.24, 2.45) is 5.92 Å². The van der Waals surface area contributed by atoms with E-state index in [0.29, 0.717) is 12.0 Å². The van der Waals surface area contributed by atoms with Gasteiger partial charge in [0.2, 0.25) is 5.91 Å². The zero-order valence-electron chi connectivity index (χ0n) is 8.89. The molecule has 0 bridgehead atoms. The fraction of sp³-hybridized carbons (Fsp3) is 0.900. The van der Waals surface area contributed by atoms with E-state index in [2.05, 4.69) is 12.2 Å². The van der Waals surface area contributed by atoms with Crippen LogP contribution in [0.3, 0.4) is 0 Å². The van der Waals surface area contributed by atoms with E-state index in [1.165, 1.54) is 0 Å². The second kappa shape index (κ2) is 3.66. The summed E-state index contributed by atoms with van der Waals surface area (Å²) in [6.07, 6.45) is 1.11. The van der Waals surface area contributed by atoms with E-state index in [1.54, 1.807) is 0 Å². The second-order valence-electron chi connectivity index (χ2n) is 4.79. The molecule has 1 saturated carbocycles. The fourth-order valence-electron chi connectivity index (χ4n) is 1.05. The molecule has 1 aliphatic rings. The van der Waals surface area contributed by atoms with Gasteiger partial charge in [0.05, 0.1) is 5.60 Å². The van der Waals surface area contributed by atoms with Crippen LogP contribution in [-0.4, -0.2) is 24.2 Å². The quantitative estimate of drug-likeness (QED) is 0.720. The summed E-state index contributed by atoms with van der Waals surface area (Å²) in [5.41, 5.74) is -0.230. The van der Waals surface area contributed by atoms with E-state index in [4.69, 9.17) is 4.74 Å². The average molecular weight is 185 g/mol. The Morgan fingerprint density at radius 3 is 2.46 bits per heavy atom. The van der Waals surface area contributed by atoms with Crippen molar-refractivity contribution in [1.82, 2.24) is 5.32 Å². The van der Waals surface area contributed by atoms with Crippen molar-refractivity contribution >= 4 is 5.91 Å². The number of hydrogen-bond acceptors (Lipinski definition) is 2. The minimum atomic E-state index is -0.230. The van der Waals surface area contributed by atoms with Crippen molar-refractivity contribution in [3.05, 3.63) is 0 Å². The van der Waals surface area contributed by atoms with Gasteiger partial charge in [-0.15, -0.1) is 0 Å². The summed E-state index contributed by atoms with van der Waals surface area (Å²) in [5.74, 6) is 0.655. The first-order chi connectivity index (χ1) is 5.88. The SMILES string of the molecule is CC1CC1NC(=O)COC(C)(C)C. The molecule has 2 unspecified atom stereocenters. The third-order valence-electron chi connectivity index (χ3n) is 2.09. The van der Waals surface area contributed by atoms with Crippen LogP contribution < -0.4 is 5.32 Å². The smallest absolute Gasteiger partial charge is 0.246 e. The first kappa shape index (κ1) is 10.5. The molecule has 0 spiro atoms. The fourth-order valence-corrected chi connectivity index (χ4v) is 1.05. The van der Waals surface area contributed by atoms with Crippen LogP contribution in [0.5, 0.6) is 0 Å². The predicted octanol–water partition coefficient (Wildman–Crippen LogP) is 1.33. The monoisotopic (exact) mass is 185 g/mol. The molecule has 0 heterocycles. The molecule has 2 atom stereocenters. The molecule has 1 aliphatic carbocycles. The molecule has 0 aromatic rings. The summed E-state index contributed by atoms with van der Waals surface area (Å²) in [4.78, 5) is 11.2. The standard InChI is InChI=1S/C10H19NO2/c1-7-5-8(7)11-9(12)6-13-10(2,3)4/h7-8H,5-6H2,1-4H3,(H,11,12). The third-order valence-corrected chi connectivity index (χ3v) is 2.09. The Morgan fingerprint density at radius 1 is 1.54 bits per heavy atom. The average Bonchev–Trinajstić information content (AvgIpc) is 2.61. The zero-order valence-corrected chi connectivity index (χ0v) is 8.89. The number of hydrogen-bond donors (Lipinski definition) is 1.